The molecule has 0 bridgehead atoms. The van der Waals surface area contributed by atoms with Gasteiger partial charge in [-0.1, -0.05) is 28.1 Å². The molecule has 0 unspecified atom stereocenters. The molecule has 2 aromatic rings. The molecule has 5 nitrogen and oxygen atoms in total. The zero-order valence-corrected chi connectivity index (χ0v) is 12.2. The summed E-state index contributed by atoms with van der Waals surface area (Å²) in [5, 5.41) is 13.5. The van der Waals surface area contributed by atoms with E-state index >= 15 is 0 Å². The third kappa shape index (κ3) is 3.89. The van der Waals surface area contributed by atoms with E-state index in [9.17, 15) is 4.79 Å². The Hall–Kier alpha value is -2.21. The van der Waals surface area contributed by atoms with Gasteiger partial charge in [0.1, 0.15) is 5.82 Å². The number of carbonyl (C=O) groups is 1. The molecular formula is C14H13BrN4O. The molecule has 0 atom stereocenters. The first kappa shape index (κ1) is 14.2. The zero-order valence-electron chi connectivity index (χ0n) is 10.6. The van der Waals surface area contributed by atoms with E-state index in [1.807, 2.05) is 18.2 Å². The minimum atomic E-state index is -0.300. The number of aromatic nitrogens is 2. The number of carbonyl (C=O) groups excluding carboxylic acids is 1. The van der Waals surface area contributed by atoms with Crippen molar-refractivity contribution in [3.8, 4) is 0 Å². The monoisotopic (exact) mass is 332 g/mol. The van der Waals surface area contributed by atoms with Crippen LogP contribution >= 0.6 is 15.9 Å². The standard InChI is InChI=1S/C14H13BrN4O/c1-2-8-16-13-7-6-12(18-19-13)14(20)17-11-5-3-4-10(15)9-11/h2-7,9H,1,8H2,(H,16,19)(H,17,20). The highest BCUT2D eigenvalue weighted by atomic mass is 79.9. The molecule has 0 spiro atoms. The quantitative estimate of drug-likeness (QED) is 0.825. The van der Waals surface area contributed by atoms with E-state index in [0.29, 0.717) is 18.1 Å². The molecule has 0 radical (unpaired) electrons. The largest absolute Gasteiger partial charge is 0.365 e. The maximum atomic E-state index is 12.0. The normalized spacial score (nSPS) is 9.85. The lowest BCUT2D eigenvalue weighted by molar-refractivity contribution is 0.102. The number of benzene rings is 1. The van der Waals surface area contributed by atoms with Crippen LogP contribution in [0.3, 0.4) is 0 Å². The Balaban J connectivity index is 2.03. The molecule has 1 aromatic heterocycles. The van der Waals surface area contributed by atoms with E-state index in [1.54, 1.807) is 24.3 Å². The van der Waals surface area contributed by atoms with Crippen molar-refractivity contribution in [3.63, 3.8) is 0 Å². The summed E-state index contributed by atoms with van der Waals surface area (Å²) in [6, 6.07) is 10.7. The van der Waals surface area contributed by atoms with Gasteiger partial charge in [0, 0.05) is 16.7 Å². The summed E-state index contributed by atoms with van der Waals surface area (Å²) in [7, 11) is 0. The van der Waals surface area contributed by atoms with Crippen LogP contribution in [0.15, 0.2) is 53.5 Å². The van der Waals surface area contributed by atoms with Crippen molar-refractivity contribution in [2.24, 2.45) is 0 Å². The SMILES string of the molecule is C=CCNc1ccc(C(=O)Nc2cccc(Br)c2)nn1. The van der Waals surface area contributed by atoms with Crippen LogP contribution in [0.25, 0.3) is 0 Å². The highest BCUT2D eigenvalue weighted by Crippen LogP contribution is 2.16. The molecule has 2 rings (SSSR count). The van der Waals surface area contributed by atoms with Crippen LogP contribution in [0, 0.1) is 0 Å². The fraction of sp³-hybridized carbons (Fsp3) is 0.0714. The second-order valence-electron chi connectivity index (χ2n) is 3.94. The van der Waals surface area contributed by atoms with Crippen LogP contribution in [-0.2, 0) is 0 Å². The van der Waals surface area contributed by atoms with Gasteiger partial charge in [-0.3, -0.25) is 4.79 Å². The fourth-order valence-corrected chi connectivity index (χ4v) is 1.88. The van der Waals surface area contributed by atoms with E-state index in [1.165, 1.54) is 0 Å². The third-order valence-electron chi connectivity index (χ3n) is 2.41. The second-order valence-corrected chi connectivity index (χ2v) is 4.85. The number of halogens is 1. The summed E-state index contributed by atoms with van der Waals surface area (Å²) in [4.78, 5) is 12.0. The predicted molar refractivity (Wildman–Crippen MR) is 82.8 cm³/mol. The molecule has 0 fully saturated rings. The topological polar surface area (TPSA) is 66.9 Å². The smallest absolute Gasteiger partial charge is 0.276 e. The molecule has 2 N–H and O–H groups in total. The van der Waals surface area contributed by atoms with Crippen LogP contribution in [0.2, 0.25) is 0 Å². The lowest BCUT2D eigenvalue weighted by Gasteiger charge is -2.05. The number of hydrogen-bond donors (Lipinski definition) is 2. The van der Waals surface area contributed by atoms with Crippen LogP contribution in [-0.4, -0.2) is 22.6 Å². The minimum Gasteiger partial charge on any atom is -0.365 e. The molecule has 0 saturated carbocycles. The zero-order chi connectivity index (χ0) is 14.4. The number of amides is 1. The molecular weight excluding hydrogens is 320 g/mol. The second kappa shape index (κ2) is 6.81. The number of hydrogen-bond acceptors (Lipinski definition) is 4. The van der Waals surface area contributed by atoms with Crippen molar-refractivity contribution in [2.75, 3.05) is 17.2 Å². The lowest BCUT2D eigenvalue weighted by Crippen LogP contribution is -2.14. The molecule has 102 valence electrons. The van der Waals surface area contributed by atoms with Crippen LogP contribution in [0.5, 0.6) is 0 Å². The molecule has 6 heteroatoms. The van der Waals surface area contributed by atoms with Gasteiger partial charge in [-0.2, -0.15) is 0 Å². The van der Waals surface area contributed by atoms with E-state index in [2.05, 4.69) is 43.3 Å². The molecule has 0 aliphatic carbocycles. The molecule has 1 aromatic carbocycles. The summed E-state index contributed by atoms with van der Waals surface area (Å²) < 4.78 is 0.894. The van der Waals surface area contributed by atoms with E-state index in [0.717, 1.165) is 4.47 Å². The van der Waals surface area contributed by atoms with Gasteiger partial charge in [-0.05, 0) is 30.3 Å². The highest BCUT2D eigenvalue weighted by Gasteiger charge is 2.08. The van der Waals surface area contributed by atoms with Gasteiger partial charge >= 0.3 is 0 Å². The average molecular weight is 333 g/mol. The van der Waals surface area contributed by atoms with Crippen molar-refractivity contribution in [1.82, 2.24) is 10.2 Å². The van der Waals surface area contributed by atoms with Crippen LogP contribution in [0.4, 0.5) is 11.5 Å². The summed E-state index contributed by atoms with van der Waals surface area (Å²) in [5.74, 6) is 0.301. The Bertz CT molecular complexity index is 613. The number of anilines is 2. The molecule has 0 saturated heterocycles. The van der Waals surface area contributed by atoms with Crippen LogP contribution in [0.1, 0.15) is 10.5 Å². The van der Waals surface area contributed by atoms with Crippen LogP contribution < -0.4 is 10.6 Å². The average Bonchev–Trinajstić information content (AvgIpc) is 2.45. The summed E-state index contributed by atoms with van der Waals surface area (Å²) in [6.07, 6.45) is 1.72. The Labute approximate surface area is 125 Å². The van der Waals surface area contributed by atoms with Gasteiger partial charge in [0.15, 0.2) is 5.69 Å². The van der Waals surface area contributed by atoms with Gasteiger partial charge in [-0.15, -0.1) is 16.8 Å². The van der Waals surface area contributed by atoms with Gasteiger partial charge in [-0.25, -0.2) is 0 Å². The Morgan fingerprint density at radius 2 is 2.15 bits per heavy atom. The first-order chi connectivity index (χ1) is 9.69. The maximum Gasteiger partial charge on any atom is 0.276 e. The predicted octanol–water partition coefficient (Wildman–Crippen LogP) is 3.09. The number of nitrogens with zero attached hydrogens (tertiary/aromatic N) is 2. The van der Waals surface area contributed by atoms with Gasteiger partial charge in [0.05, 0.1) is 0 Å². The first-order valence-electron chi connectivity index (χ1n) is 5.94. The van der Waals surface area contributed by atoms with E-state index in [4.69, 9.17) is 0 Å². The molecule has 0 aliphatic heterocycles. The summed E-state index contributed by atoms with van der Waals surface area (Å²) in [5.41, 5.74) is 0.953. The Morgan fingerprint density at radius 3 is 2.80 bits per heavy atom. The van der Waals surface area contributed by atoms with Gasteiger partial charge in [0.25, 0.3) is 5.91 Å². The molecule has 0 aliphatic rings. The molecule has 1 amide bonds. The molecule has 1 heterocycles. The van der Waals surface area contributed by atoms with Crippen molar-refractivity contribution in [1.29, 1.82) is 0 Å². The Kier molecular flexibility index (Phi) is 4.84. The van der Waals surface area contributed by atoms with E-state index in [-0.39, 0.29) is 11.6 Å². The van der Waals surface area contributed by atoms with Crippen molar-refractivity contribution >= 4 is 33.3 Å². The summed E-state index contributed by atoms with van der Waals surface area (Å²) in [6.45, 7) is 4.19. The van der Waals surface area contributed by atoms with Gasteiger partial charge < -0.3 is 10.6 Å². The van der Waals surface area contributed by atoms with Crippen molar-refractivity contribution in [3.05, 3.63) is 59.2 Å². The van der Waals surface area contributed by atoms with E-state index < -0.39 is 0 Å². The minimum absolute atomic E-state index is 0.258. The van der Waals surface area contributed by atoms with Gasteiger partial charge in [0.2, 0.25) is 0 Å². The fourth-order valence-electron chi connectivity index (χ4n) is 1.49. The molecule has 20 heavy (non-hydrogen) atoms. The third-order valence-corrected chi connectivity index (χ3v) is 2.90. The first-order valence-corrected chi connectivity index (χ1v) is 6.74. The lowest BCUT2D eigenvalue weighted by atomic mass is 10.3. The summed E-state index contributed by atoms with van der Waals surface area (Å²) >= 11 is 3.35. The number of rotatable bonds is 5. The Morgan fingerprint density at radius 1 is 1.30 bits per heavy atom. The van der Waals surface area contributed by atoms with Crippen molar-refractivity contribution < 1.29 is 4.79 Å². The maximum absolute atomic E-state index is 12.0. The highest BCUT2D eigenvalue weighted by molar-refractivity contribution is 9.10. The number of nitrogens with one attached hydrogen (secondary N) is 2. The van der Waals surface area contributed by atoms with Crippen molar-refractivity contribution in [2.45, 2.75) is 0 Å².